The van der Waals surface area contributed by atoms with Gasteiger partial charge in [-0.25, -0.2) is 0 Å². The van der Waals surface area contributed by atoms with Crippen molar-refractivity contribution in [2.45, 2.75) is 25.8 Å². The number of ether oxygens (including phenoxy) is 1. The molecular formula is C13H21BrN2O. The minimum absolute atomic E-state index is 0.203. The van der Waals surface area contributed by atoms with E-state index in [-0.39, 0.29) is 5.54 Å². The molecule has 0 amide bonds. The first-order valence-corrected chi connectivity index (χ1v) is 6.59. The minimum atomic E-state index is -0.203. The van der Waals surface area contributed by atoms with Gasteiger partial charge in [-0.1, -0.05) is 13.0 Å². The molecule has 96 valence electrons. The maximum absolute atomic E-state index is 5.88. The average molecular weight is 301 g/mol. The minimum Gasteiger partial charge on any atom is -0.382 e. The van der Waals surface area contributed by atoms with Crippen LogP contribution in [0.25, 0.3) is 0 Å². The number of hydrogen-bond donors (Lipinski definition) is 2. The highest BCUT2D eigenvalue weighted by Gasteiger charge is 2.26. The van der Waals surface area contributed by atoms with E-state index in [1.54, 1.807) is 7.11 Å². The van der Waals surface area contributed by atoms with Crippen LogP contribution >= 0.6 is 15.9 Å². The molecule has 1 aromatic rings. The first-order valence-electron chi connectivity index (χ1n) is 5.80. The second kappa shape index (κ2) is 6.38. The van der Waals surface area contributed by atoms with Crippen LogP contribution in [-0.2, 0) is 4.74 Å². The van der Waals surface area contributed by atoms with Crippen molar-refractivity contribution in [3.63, 3.8) is 0 Å². The molecule has 1 unspecified atom stereocenters. The summed E-state index contributed by atoms with van der Waals surface area (Å²) in [5.74, 6) is 0. The lowest BCUT2D eigenvalue weighted by molar-refractivity contribution is 0.143. The third-order valence-corrected chi connectivity index (χ3v) is 3.70. The summed E-state index contributed by atoms with van der Waals surface area (Å²) in [7, 11) is 1.70. The Balaban J connectivity index is 2.96. The number of nitrogens with one attached hydrogen (secondary N) is 1. The van der Waals surface area contributed by atoms with Crippen LogP contribution in [0.2, 0.25) is 0 Å². The molecule has 0 bridgehead atoms. The molecule has 0 spiro atoms. The molecule has 17 heavy (non-hydrogen) atoms. The second-order valence-electron chi connectivity index (χ2n) is 4.38. The number of aryl methyl sites for hydroxylation is 1. The molecule has 0 saturated heterocycles. The highest BCUT2D eigenvalue weighted by Crippen LogP contribution is 2.27. The van der Waals surface area contributed by atoms with Gasteiger partial charge >= 0.3 is 0 Å². The number of anilines is 1. The lowest BCUT2D eigenvalue weighted by Gasteiger charge is -2.33. The fourth-order valence-corrected chi connectivity index (χ4v) is 2.12. The van der Waals surface area contributed by atoms with Gasteiger partial charge in [0.05, 0.1) is 12.1 Å². The third-order valence-electron chi connectivity index (χ3n) is 3.01. The number of halogens is 1. The highest BCUT2D eigenvalue weighted by atomic mass is 79.9. The van der Waals surface area contributed by atoms with E-state index in [9.17, 15) is 0 Å². The van der Waals surface area contributed by atoms with Gasteiger partial charge in [0.25, 0.3) is 0 Å². The third kappa shape index (κ3) is 3.69. The van der Waals surface area contributed by atoms with Crippen molar-refractivity contribution in [2.24, 2.45) is 5.73 Å². The summed E-state index contributed by atoms with van der Waals surface area (Å²) in [6.45, 7) is 5.32. The molecule has 0 fully saturated rings. The van der Waals surface area contributed by atoms with Gasteiger partial charge in [-0.2, -0.15) is 0 Å². The Kier molecular flexibility index (Phi) is 5.43. The summed E-state index contributed by atoms with van der Waals surface area (Å²) >= 11 is 3.55. The second-order valence-corrected chi connectivity index (χ2v) is 5.23. The van der Waals surface area contributed by atoms with Gasteiger partial charge in [-0.3, -0.25) is 0 Å². The Hall–Kier alpha value is -0.580. The van der Waals surface area contributed by atoms with E-state index in [1.165, 1.54) is 5.56 Å². The van der Waals surface area contributed by atoms with E-state index < -0.39 is 0 Å². The Bertz CT molecular complexity index is 364. The normalized spacial score (nSPS) is 14.4. The van der Waals surface area contributed by atoms with E-state index >= 15 is 0 Å². The quantitative estimate of drug-likeness (QED) is 0.849. The van der Waals surface area contributed by atoms with E-state index in [2.05, 4.69) is 47.2 Å². The van der Waals surface area contributed by atoms with E-state index in [4.69, 9.17) is 10.5 Å². The molecule has 0 aromatic heterocycles. The summed E-state index contributed by atoms with van der Waals surface area (Å²) in [6, 6.07) is 6.23. The molecular weight excluding hydrogens is 280 g/mol. The van der Waals surface area contributed by atoms with E-state index in [0.717, 1.165) is 16.6 Å². The topological polar surface area (TPSA) is 47.3 Å². The van der Waals surface area contributed by atoms with Gasteiger partial charge in [-0.05, 0) is 47.0 Å². The maximum Gasteiger partial charge on any atom is 0.0725 e. The predicted octanol–water partition coefficient (Wildman–Crippen LogP) is 2.92. The van der Waals surface area contributed by atoms with Crippen LogP contribution in [0.15, 0.2) is 22.7 Å². The first-order chi connectivity index (χ1) is 8.06. The Morgan fingerprint density at radius 2 is 2.18 bits per heavy atom. The first kappa shape index (κ1) is 14.5. The zero-order valence-corrected chi connectivity index (χ0v) is 12.3. The molecule has 4 heteroatoms. The molecule has 1 atom stereocenters. The van der Waals surface area contributed by atoms with Crippen LogP contribution in [0.4, 0.5) is 5.69 Å². The summed E-state index contributed by atoms with van der Waals surface area (Å²) in [5.41, 5.74) is 7.96. The van der Waals surface area contributed by atoms with Gasteiger partial charge < -0.3 is 15.8 Å². The number of nitrogens with two attached hydrogens (primary N) is 1. The number of rotatable bonds is 6. The fraction of sp³-hybridized carbons (Fsp3) is 0.538. The lowest BCUT2D eigenvalue weighted by Crippen LogP contribution is -2.49. The van der Waals surface area contributed by atoms with Crippen molar-refractivity contribution >= 4 is 21.6 Å². The van der Waals surface area contributed by atoms with E-state index in [0.29, 0.717) is 13.2 Å². The van der Waals surface area contributed by atoms with Gasteiger partial charge in [0, 0.05) is 23.8 Å². The molecule has 0 heterocycles. The fourth-order valence-electron chi connectivity index (χ4n) is 1.78. The Morgan fingerprint density at radius 1 is 1.47 bits per heavy atom. The molecule has 0 aliphatic heterocycles. The summed E-state index contributed by atoms with van der Waals surface area (Å²) in [4.78, 5) is 0. The van der Waals surface area contributed by atoms with Crippen LogP contribution in [0.1, 0.15) is 18.9 Å². The SMILES string of the molecule is CCC(CN)(COC)Nc1cc(C)ccc1Br. The van der Waals surface area contributed by atoms with Crippen LogP contribution in [0.5, 0.6) is 0 Å². The average Bonchev–Trinajstić information content (AvgIpc) is 2.33. The van der Waals surface area contributed by atoms with Gasteiger partial charge in [-0.15, -0.1) is 0 Å². The molecule has 3 N–H and O–H groups in total. The van der Waals surface area contributed by atoms with Gasteiger partial charge in [0.1, 0.15) is 0 Å². The Labute approximate surface area is 112 Å². The summed E-state index contributed by atoms with van der Waals surface area (Å²) in [5, 5.41) is 3.51. The number of methoxy groups -OCH3 is 1. The smallest absolute Gasteiger partial charge is 0.0725 e. The highest BCUT2D eigenvalue weighted by molar-refractivity contribution is 9.10. The Morgan fingerprint density at radius 3 is 2.71 bits per heavy atom. The molecule has 1 aromatic carbocycles. The zero-order valence-electron chi connectivity index (χ0n) is 10.7. The summed E-state index contributed by atoms with van der Waals surface area (Å²) < 4.78 is 6.32. The van der Waals surface area contributed by atoms with Crippen molar-refractivity contribution in [1.82, 2.24) is 0 Å². The monoisotopic (exact) mass is 300 g/mol. The van der Waals surface area contributed by atoms with Crippen LogP contribution in [-0.4, -0.2) is 25.8 Å². The van der Waals surface area contributed by atoms with Crippen molar-refractivity contribution in [1.29, 1.82) is 0 Å². The molecule has 0 aliphatic rings. The molecule has 0 aliphatic carbocycles. The van der Waals surface area contributed by atoms with Crippen molar-refractivity contribution in [3.8, 4) is 0 Å². The largest absolute Gasteiger partial charge is 0.382 e. The summed E-state index contributed by atoms with van der Waals surface area (Å²) in [6.07, 6.45) is 0.914. The molecule has 3 nitrogen and oxygen atoms in total. The van der Waals surface area contributed by atoms with Crippen molar-refractivity contribution < 1.29 is 4.74 Å². The maximum atomic E-state index is 5.88. The molecule has 0 radical (unpaired) electrons. The van der Waals surface area contributed by atoms with Crippen LogP contribution in [0, 0.1) is 6.92 Å². The molecule has 0 saturated carbocycles. The number of hydrogen-bond acceptors (Lipinski definition) is 3. The molecule has 1 rings (SSSR count). The van der Waals surface area contributed by atoms with Gasteiger partial charge in [0.15, 0.2) is 0 Å². The van der Waals surface area contributed by atoms with Crippen molar-refractivity contribution in [2.75, 3.05) is 25.6 Å². The number of benzene rings is 1. The standard InChI is InChI=1S/C13H21BrN2O/c1-4-13(8-15,9-17-3)16-12-7-10(2)5-6-11(12)14/h5-7,16H,4,8-9,15H2,1-3H3. The van der Waals surface area contributed by atoms with Crippen LogP contribution in [0.3, 0.4) is 0 Å². The van der Waals surface area contributed by atoms with E-state index in [1.807, 2.05) is 6.07 Å². The van der Waals surface area contributed by atoms with Gasteiger partial charge in [0.2, 0.25) is 0 Å². The van der Waals surface area contributed by atoms with Crippen molar-refractivity contribution in [3.05, 3.63) is 28.2 Å². The zero-order chi connectivity index (χ0) is 12.9. The predicted molar refractivity (Wildman–Crippen MR) is 76.5 cm³/mol. The lowest BCUT2D eigenvalue weighted by atomic mass is 9.96. The van der Waals surface area contributed by atoms with Crippen LogP contribution < -0.4 is 11.1 Å².